The number of carbonyl (C=O) groups excluding carboxylic acids is 2. The van der Waals surface area contributed by atoms with Crippen molar-refractivity contribution in [1.29, 1.82) is 0 Å². The number of amides is 1. The van der Waals surface area contributed by atoms with Crippen LogP contribution in [-0.4, -0.2) is 28.4 Å². The molecule has 1 aliphatic heterocycles. The summed E-state index contributed by atoms with van der Waals surface area (Å²) in [5, 5.41) is 12.0. The number of aromatic nitrogens is 1. The number of nitrogens with zero attached hydrogens (tertiary/aromatic N) is 2. The van der Waals surface area contributed by atoms with Gasteiger partial charge in [0.2, 0.25) is 0 Å². The molecule has 2 heterocycles. The summed E-state index contributed by atoms with van der Waals surface area (Å²) in [5.41, 5.74) is 1.07. The van der Waals surface area contributed by atoms with Crippen LogP contribution in [0, 0.1) is 5.82 Å². The van der Waals surface area contributed by atoms with Gasteiger partial charge in [0, 0.05) is 5.56 Å². The highest BCUT2D eigenvalue weighted by molar-refractivity contribution is 7.22. The van der Waals surface area contributed by atoms with E-state index in [9.17, 15) is 19.1 Å². The Balaban J connectivity index is 1.73. The van der Waals surface area contributed by atoms with Crippen LogP contribution in [0.15, 0.2) is 66.2 Å². The third-order valence-electron chi connectivity index (χ3n) is 5.67. The number of aliphatic hydroxyl groups excluding tert-OH is 1. The first-order chi connectivity index (χ1) is 17.3. The molecular formula is C26H17Cl2FN2O4S. The van der Waals surface area contributed by atoms with Crippen LogP contribution >= 0.6 is 34.5 Å². The van der Waals surface area contributed by atoms with E-state index >= 15 is 0 Å². The molecule has 1 atom stereocenters. The van der Waals surface area contributed by atoms with Gasteiger partial charge in [-0.2, -0.15) is 0 Å². The average Bonchev–Trinajstić information content (AvgIpc) is 3.38. The van der Waals surface area contributed by atoms with Crippen LogP contribution in [0.25, 0.3) is 16.0 Å². The van der Waals surface area contributed by atoms with E-state index < -0.39 is 23.5 Å². The van der Waals surface area contributed by atoms with Crippen LogP contribution in [0.2, 0.25) is 10.0 Å². The molecule has 1 fully saturated rings. The molecule has 182 valence electrons. The molecule has 1 N–H and O–H groups in total. The van der Waals surface area contributed by atoms with Crippen molar-refractivity contribution in [2.45, 2.75) is 13.0 Å². The zero-order valence-electron chi connectivity index (χ0n) is 18.7. The highest BCUT2D eigenvalue weighted by Crippen LogP contribution is 2.45. The number of hydrogen-bond acceptors (Lipinski definition) is 6. The maximum atomic E-state index is 13.8. The minimum Gasteiger partial charge on any atom is -0.507 e. The second-order valence-corrected chi connectivity index (χ2v) is 9.74. The number of thiazole rings is 1. The van der Waals surface area contributed by atoms with Gasteiger partial charge >= 0.3 is 5.91 Å². The molecule has 1 unspecified atom stereocenters. The standard InChI is InChI=1S/C26H17Cl2FN2O4S/c1-2-35-16-5-3-4-14(10-16)23(32)21-22(13-6-8-17(27)18(28)11-13)31(25(34)24(21)33)26-30-19-9-7-15(29)12-20(19)36-26/h3-12,22,32H,2H2,1H3. The molecule has 5 rings (SSSR count). The number of anilines is 1. The molecule has 0 aliphatic carbocycles. The molecule has 0 bridgehead atoms. The first-order valence-corrected chi connectivity index (χ1v) is 12.4. The Morgan fingerprint density at radius 2 is 1.92 bits per heavy atom. The summed E-state index contributed by atoms with van der Waals surface area (Å²) >= 11 is 13.4. The van der Waals surface area contributed by atoms with Crippen LogP contribution in [0.3, 0.4) is 0 Å². The highest BCUT2D eigenvalue weighted by atomic mass is 35.5. The van der Waals surface area contributed by atoms with Crippen molar-refractivity contribution < 1.29 is 23.8 Å². The van der Waals surface area contributed by atoms with E-state index in [2.05, 4.69) is 4.98 Å². The Bertz CT molecular complexity index is 1570. The number of Topliss-reactive ketones (excluding diaryl/α,β-unsaturated/α-hetero) is 1. The first kappa shape index (κ1) is 24.2. The molecule has 3 aromatic carbocycles. The van der Waals surface area contributed by atoms with E-state index in [1.807, 2.05) is 6.92 Å². The zero-order chi connectivity index (χ0) is 25.6. The van der Waals surface area contributed by atoms with Gasteiger partial charge in [-0.3, -0.25) is 14.5 Å². The quantitative estimate of drug-likeness (QED) is 0.171. The van der Waals surface area contributed by atoms with E-state index in [0.717, 1.165) is 11.3 Å². The summed E-state index contributed by atoms with van der Waals surface area (Å²) in [6, 6.07) is 14.3. The van der Waals surface area contributed by atoms with Gasteiger partial charge in [0.05, 0.1) is 38.5 Å². The monoisotopic (exact) mass is 542 g/mol. The molecule has 0 radical (unpaired) electrons. The molecule has 4 aromatic rings. The van der Waals surface area contributed by atoms with Gasteiger partial charge in [0.1, 0.15) is 17.3 Å². The van der Waals surface area contributed by atoms with Crippen molar-refractivity contribution >= 4 is 67.3 Å². The molecule has 0 saturated carbocycles. The molecule has 1 saturated heterocycles. The average molecular weight is 543 g/mol. The third-order valence-corrected chi connectivity index (χ3v) is 7.42. The summed E-state index contributed by atoms with van der Waals surface area (Å²) in [4.78, 5) is 32.3. The number of rotatable bonds is 5. The Morgan fingerprint density at radius 1 is 1.11 bits per heavy atom. The van der Waals surface area contributed by atoms with E-state index in [0.29, 0.717) is 33.7 Å². The van der Waals surface area contributed by atoms with E-state index in [1.165, 1.54) is 29.2 Å². The highest BCUT2D eigenvalue weighted by Gasteiger charge is 2.48. The van der Waals surface area contributed by atoms with Crippen LogP contribution in [0.5, 0.6) is 5.75 Å². The molecule has 10 heteroatoms. The van der Waals surface area contributed by atoms with Crippen molar-refractivity contribution in [3.05, 3.63) is 93.2 Å². The molecule has 6 nitrogen and oxygen atoms in total. The number of halogens is 3. The van der Waals surface area contributed by atoms with Crippen molar-refractivity contribution in [2.24, 2.45) is 0 Å². The fourth-order valence-electron chi connectivity index (χ4n) is 4.07. The molecule has 0 spiro atoms. The van der Waals surface area contributed by atoms with Gasteiger partial charge in [-0.05, 0) is 55.0 Å². The Labute approximate surface area is 219 Å². The van der Waals surface area contributed by atoms with Gasteiger partial charge in [-0.15, -0.1) is 0 Å². The Kier molecular flexibility index (Phi) is 6.42. The minimum absolute atomic E-state index is 0.141. The van der Waals surface area contributed by atoms with Crippen molar-refractivity contribution in [3.63, 3.8) is 0 Å². The van der Waals surface area contributed by atoms with Gasteiger partial charge < -0.3 is 9.84 Å². The molecule has 1 aliphatic rings. The summed E-state index contributed by atoms with van der Waals surface area (Å²) in [7, 11) is 0. The lowest BCUT2D eigenvalue weighted by molar-refractivity contribution is -0.132. The van der Waals surface area contributed by atoms with Crippen LogP contribution in [0.4, 0.5) is 9.52 Å². The number of hydrogen-bond donors (Lipinski definition) is 1. The summed E-state index contributed by atoms with van der Waals surface area (Å²) in [6.45, 7) is 2.24. The largest absolute Gasteiger partial charge is 0.507 e. The summed E-state index contributed by atoms with van der Waals surface area (Å²) in [6.07, 6.45) is 0. The minimum atomic E-state index is -1.05. The maximum Gasteiger partial charge on any atom is 0.301 e. The van der Waals surface area contributed by atoms with Crippen LogP contribution in [0.1, 0.15) is 24.1 Å². The number of carbonyl (C=O) groups is 2. The van der Waals surface area contributed by atoms with E-state index in [4.69, 9.17) is 27.9 Å². The lowest BCUT2D eigenvalue weighted by Gasteiger charge is -2.23. The van der Waals surface area contributed by atoms with Gasteiger partial charge in [0.15, 0.2) is 5.13 Å². The normalized spacial score (nSPS) is 17.2. The van der Waals surface area contributed by atoms with Crippen LogP contribution in [-0.2, 0) is 9.59 Å². The smallest absolute Gasteiger partial charge is 0.301 e. The third kappa shape index (κ3) is 4.21. The SMILES string of the molecule is CCOc1cccc(C(O)=C2C(=O)C(=O)N(c3nc4ccc(F)cc4s3)C2c2ccc(Cl)c(Cl)c2)c1. The number of fused-ring (bicyclic) bond motifs is 1. The Morgan fingerprint density at radius 3 is 2.67 bits per heavy atom. The first-order valence-electron chi connectivity index (χ1n) is 10.8. The fraction of sp³-hybridized carbons (Fsp3) is 0.115. The predicted molar refractivity (Wildman–Crippen MR) is 138 cm³/mol. The van der Waals surface area contributed by atoms with Crippen molar-refractivity contribution in [1.82, 2.24) is 4.98 Å². The van der Waals surface area contributed by atoms with Crippen molar-refractivity contribution in [2.75, 3.05) is 11.5 Å². The number of benzene rings is 3. The van der Waals surface area contributed by atoms with Gasteiger partial charge in [-0.25, -0.2) is 9.37 Å². The Hall–Kier alpha value is -3.46. The second kappa shape index (κ2) is 9.54. The summed E-state index contributed by atoms with van der Waals surface area (Å²) in [5.74, 6) is -2.10. The molecule has 36 heavy (non-hydrogen) atoms. The topological polar surface area (TPSA) is 79.7 Å². The second-order valence-electron chi connectivity index (χ2n) is 7.91. The lowest BCUT2D eigenvalue weighted by atomic mass is 9.95. The molecular weight excluding hydrogens is 526 g/mol. The fourth-order valence-corrected chi connectivity index (χ4v) is 5.40. The summed E-state index contributed by atoms with van der Waals surface area (Å²) < 4.78 is 19.8. The van der Waals surface area contributed by atoms with Crippen molar-refractivity contribution in [3.8, 4) is 5.75 Å². The number of aliphatic hydroxyl groups is 1. The number of ketones is 1. The maximum absolute atomic E-state index is 13.8. The van der Waals surface area contributed by atoms with Gasteiger partial charge in [0.25, 0.3) is 5.78 Å². The zero-order valence-corrected chi connectivity index (χ0v) is 21.0. The lowest BCUT2D eigenvalue weighted by Crippen LogP contribution is -2.29. The predicted octanol–water partition coefficient (Wildman–Crippen LogP) is 6.77. The number of ether oxygens (including phenoxy) is 1. The van der Waals surface area contributed by atoms with Gasteiger partial charge in [-0.1, -0.05) is 52.7 Å². The molecule has 1 aromatic heterocycles. The van der Waals surface area contributed by atoms with E-state index in [-0.39, 0.29) is 26.5 Å². The van der Waals surface area contributed by atoms with E-state index in [1.54, 1.807) is 36.4 Å². The molecule has 1 amide bonds. The van der Waals surface area contributed by atoms with Crippen LogP contribution < -0.4 is 9.64 Å².